The van der Waals surface area contributed by atoms with Gasteiger partial charge in [0.25, 0.3) is 0 Å². The van der Waals surface area contributed by atoms with Crippen LogP contribution >= 0.6 is 11.3 Å². The van der Waals surface area contributed by atoms with Gasteiger partial charge in [0.05, 0.1) is 11.0 Å². The summed E-state index contributed by atoms with van der Waals surface area (Å²) in [5.74, 6) is 0. The van der Waals surface area contributed by atoms with Gasteiger partial charge in [-0.25, -0.2) is 13.1 Å². The van der Waals surface area contributed by atoms with Gasteiger partial charge in [0.2, 0.25) is 10.0 Å². The van der Waals surface area contributed by atoms with Crippen molar-refractivity contribution < 1.29 is 18.1 Å². The Morgan fingerprint density at radius 2 is 2.33 bits per heavy atom. The highest BCUT2D eigenvalue weighted by Gasteiger charge is 2.26. The van der Waals surface area contributed by atoms with Crippen molar-refractivity contribution >= 4 is 32.0 Å². The minimum atomic E-state index is -3.73. The van der Waals surface area contributed by atoms with E-state index in [1.54, 1.807) is 0 Å². The molecule has 0 aromatic carbocycles. The first-order valence-electron chi connectivity index (χ1n) is 6.51. The molecule has 1 unspecified atom stereocenters. The fourth-order valence-electron chi connectivity index (χ4n) is 2.10. The van der Waals surface area contributed by atoms with Crippen molar-refractivity contribution in [3.63, 3.8) is 0 Å². The van der Waals surface area contributed by atoms with E-state index in [9.17, 15) is 18.5 Å². The molecule has 118 valence electrons. The lowest BCUT2D eigenvalue weighted by Gasteiger charge is -2.09. The number of hydrogen-bond acceptors (Lipinski definition) is 7. The zero-order chi connectivity index (χ0) is 15.5. The summed E-state index contributed by atoms with van der Waals surface area (Å²) in [6.45, 7) is 0.980. The van der Waals surface area contributed by atoms with E-state index in [1.165, 1.54) is 7.05 Å². The number of nitrogens with one attached hydrogen (secondary N) is 2. The Kier molecular flexibility index (Phi) is 5.14. The average Bonchev–Trinajstić information content (AvgIpc) is 3.07. The maximum Gasteiger partial charge on any atom is 0.304 e. The second-order valence-electron chi connectivity index (χ2n) is 4.61. The third kappa shape index (κ3) is 3.90. The molecule has 0 amide bonds. The standard InChI is InChI=1S/C11H17N3O5S2/c1-12-11-9(14(15)16)7-10(20-11)21(17,18)13-5-4-8-3-2-6-19-8/h7-8,12-13H,2-6H2,1H3. The molecule has 1 atom stereocenters. The van der Waals surface area contributed by atoms with E-state index in [1.807, 2.05) is 0 Å². The van der Waals surface area contributed by atoms with Gasteiger partial charge in [0, 0.05) is 26.3 Å². The monoisotopic (exact) mass is 335 g/mol. The fourth-order valence-corrected chi connectivity index (χ4v) is 4.48. The number of nitrogens with zero attached hydrogens (tertiary/aromatic N) is 1. The van der Waals surface area contributed by atoms with Gasteiger partial charge >= 0.3 is 5.69 Å². The predicted molar refractivity (Wildman–Crippen MR) is 79.3 cm³/mol. The lowest BCUT2D eigenvalue weighted by atomic mass is 10.2. The van der Waals surface area contributed by atoms with E-state index in [0.29, 0.717) is 6.42 Å². The van der Waals surface area contributed by atoms with Crippen LogP contribution in [0.1, 0.15) is 19.3 Å². The topological polar surface area (TPSA) is 111 Å². The van der Waals surface area contributed by atoms with Crippen LogP contribution in [0.25, 0.3) is 0 Å². The molecular formula is C11H17N3O5S2. The van der Waals surface area contributed by atoms with Gasteiger partial charge < -0.3 is 10.1 Å². The van der Waals surface area contributed by atoms with E-state index in [-0.39, 0.29) is 27.5 Å². The van der Waals surface area contributed by atoms with Gasteiger partial charge in [-0.3, -0.25) is 10.1 Å². The molecular weight excluding hydrogens is 318 g/mol. The number of sulfonamides is 1. The summed E-state index contributed by atoms with van der Waals surface area (Å²) in [6, 6.07) is 1.07. The molecule has 1 aliphatic heterocycles. The van der Waals surface area contributed by atoms with Crippen LogP contribution in [0.3, 0.4) is 0 Å². The number of nitro groups is 1. The van der Waals surface area contributed by atoms with Crippen LogP contribution in [0.15, 0.2) is 10.3 Å². The van der Waals surface area contributed by atoms with Gasteiger partial charge in [-0.15, -0.1) is 0 Å². The zero-order valence-corrected chi connectivity index (χ0v) is 13.1. The SMILES string of the molecule is CNc1sc(S(=O)(=O)NCCC2CCCO2)cc1[N+](=O)[O-]. The molecule has 1 aromatic rings. The van der Waals surface area contributed by atoms with Gasteiger partial charge in [-0.05, 0) is 19.3 Å². The van der Waals surface area contributed by atoms with E-state index < -0.39 is 14.9 Å². The third-order valence-corrected chi connectivity index (χ3v) is 6.24. The number of thiophene rings is 1. The molecule has 0 saturated carbocycles. The number of hydrogen-bond donors (Lipinski definition) is 2. The first-order chi connectivity index (χ1) is 9.94. The van der Waals surface area contributed by atoms with Crippen LogP contribution in [-0.2, 0) is 14.8 Å². The van der Waals surface area contributed by atoms with Crippen molar-refractivity contribution in [1.82, 2.24) is 4.72 Å². The lowest BCUT2D eigenvalue weighted by Crippen LogP contribution is -2.26. The fraction of sp³-hybridized carbons (Fsp3) is 0.636. The Balaban J connectivity index is 2.03. The molecule has 1 aliphatic rings. The number of ether oxygens (including phenoxy) is 1. The van der Waals surface area contributed by atoms with Crippen molar-refractivity contribution in [2.45, 2.75) is 29.6 Å². The Hall–Kier alpha value is -1.23. The molecule has 2 N–H and O–H groups in total. The second kappa shape index (κ2) is 6.69. The van der Waals surface area contributed by atoms with E-state index >= 15 is 0 Å². The van der Waals surface area contributed by atoms with Crippen molar-refractivity contribution in [3.8, 4) is 0 Å². The van der Waals surface area contributed by atoms with Crippen LogP contribution in [0.4, 0.5) is 10.7 Å². The molecule has 0 spiro atoms. The van der Waals surface area contributed by atoms with Crippen LogP contribution in [-0.4, -0.2) is 39.6 Å². The molecule has 1 aromatic heterocycles. The Morgan fingerprint density at radius 3 is 2.86 bits per heavy atom. The molecule has 8 nitrogen and oxygen atoms in total. The van der Waals surface area contributed by atoms with Crippen LogP contribution in [0.2, 0.25) is 0 Å². The largest absolute Gasteiger partial charge is 0.378 e. The van der Waals surface area contributed by atoms with E-state index in [0.717, 1.165) is 36.9 Å². The maximum absolute atomic E-state index is 12.1. The summed E-state index contributed by atoms with van der Waals surface area (Å²) in [4.78, 5) is 10.2. The summed E-state index contributed by atoms with van der Waals surface area (Å²) in [7, 11) is -2.21. The molecule has 0 aliphatic carbocycles. The van der Waals surface area contributed by atoms with Gasteiger partial charge in [0.1, 0.15) is 4.21 Å². The Labute approximate surface area is 126 Å². The quantitative estimate of drug-likeness (QED) is 0.578. The van der Waals surface area contributed by atoms with Gasteiger partial charge in [-0.2, -0.15) is 0 Å². The summed E-state index contributed by atoms with van der Waals surface area (Å²) in [5, 5.41) is 13.7. The number of anilines is 1. The highest BCUT2D eigenvalue weighted by atomic mass is 32.2. The minimum absolute atomic E-state index is 0.0640. The molecule has 0 radical (unpaired) electrons. The van der Waals surface area contributed by atoms with Crippen molar-refractivity contribution in [2.75, 3.05) is 25.5 Å². The van der Waals surface area contributed by atoms with Crippen molar-refractivity contribution in [2.24, 2.45) is 0 Å². The van der Waals surface area contributed by atoms with Gasteiger partial charge in [0.15, 0.2) is 5.00 Å². The molecule has 10 heteroatoms. The Bertz CT molecular complexity index is 607. The van der Waals surface area contributed by atoms with Crippen LogP contribution in [0, 0.1) is 10.1 Å². The van der Waals surface area contributed by atoms with Crippen molar-refractivity contribution in [1.29, 1.82) is 0 Å². The Morgan fingerprint density at radius 1 is 1.57 bits per heavy atom. The molecule has 2 rings (SSSR count). The lowest BCUT2D eigenvalue weighted by molar-refractivity contribution is -0.383. The molecule has 1 saturated heterocycles. The average molecular weight is 335 g/mol. The third-order valence-electron chi connectivity index (χ3n) is 3.16. The molecule has 2 heterocycles. The zero-order valence-electron chi connectivity index (χ0n) is 11.5. The molecule has 1 fully saturated rings. The smallest absolute Gasteiger partial charge is 0.304 e. The number of rotatable bonds is 7. The first kappa shape index (κ1) is 16.1. The first-order valence-corrected chi connectivity index (χ1v) is 8.81. The van der Waals surface area contributed by atoms with Gasteiger partial charge in [-0.1, -0.05) is 11.3 Å². The molecule has 0 bridgehead atoms. The summed E-state index contributed by atoms with van der Waals surface area (Å²) >= 11 is 0.843. The highest BCUT2D eigenvalue weighted by Crippen LogP contribution is 2.36. The normalized spacial score (nSPS) is 18.8. The van der Waals surface area contributed by atoms with E-state index in [2.05, 4.69) is 10.0 Å². The second-order valence-corrected chi connectivity index (χ2v) is 7.65. The molecule has 21 heavy (non-hydrogen) atoms. The summed E-state index contributed by atoms with van der Waals surface area (Å²) in [6.07, 6.45) is 2.64. The van der Waals surface area contributed by atoms with E-state index in [4.69, 9.17) is 4.74 Å². The van der Waals surface area contributed by atoms with Crippen molar-refractivity contribution in [3.05, 3.63) is 16.2 Å². The predicted octanol–water partition coefficient (Wildman–Crippen LogP) is 1.55. The maximum atomic E-state index is 12.1. The van der Waals surface area contributed by atoms with Crippen LogP contribution < -0.4 is 10.0 Å². The minimum Gasteiger partial charge on any atom is -0.378 e. The summed E-state index contributed by atoms with van der Waals surface area (Å²) < 4.78 is 32.0. The van der Waals surface area contributed by atoms with Crippen LogP contribution in [0.5, 0.6) is 0 Å². The summed E-state index contributed by atoms with van der Waals surface area (Å²) in [5.41, 5.74) is -0.234. The highest BCUT2D eigenvalue weighted by molar-refractivity contribution is 7.91.